The molecule has 0 bridgehead atoms. The second kappa shape index (κ2) is 5.80. The largest absolute Gasteiger partial charge is 0.465 e. The molecule has 0 saturated heterocycles. The predicted octanol–water partition coefficient (Wildman–Crippen LogP) is 2.39. The minimum Gasteiger partial charge on any atom is -0.465 e. The molecule has 5 heteroatoms. The van der Waals surface area contributed by atoms with Crippen LogP contribution in [0.2, 0.25) is 0 Å². The monoisotopic (exact) mass is 300 g/mol. The molecule has 1 heterocycles. The maximum Gasteiger partial charge on any atom is 0.332 e. The van der Waals surface area contributed by atoms with Crippen molar-refractivity contribution in [3.05, 3.63) is 11.1 Å². The van der Waals surface area contributed by atoms with Gasteiger partial charge in [-0.15, -0.1) is 0 Å². The highest BCUT2D eigenvalue weighted by Crippen LogP contribution is 2.38. The van der Waals surface area contributed by atoms with Crippen molar-refractivity contribution < 1.29 is 18.5 Å². The van der Waals surface area contributed by atoms with Gasteiger partial charge in [0.25, 0.3) is 0 Å². The first kappa shape index (κ1) is 17.1. The molecule has 0 N–H and O–H groups in total. The summed E-state index contributed by atoms with van der Waals surface area (Å²) in [6, 6.07) is 0. The molecule has 2 unspecified atom stereocenters. The summed E-state index contributed by atoms with van der Waals surface area (Å²) >= 11 is 0. The van der Waals surface area contributed by atoms with Gasteiger partial charge in [0.15, 0.2) is 5.78 Å². The molecule has 20 heavy (non-hydrogen) atoms. The Labute approximate surface area is 123 Å². The number of ether oxygens (including phenoxy) is 1. The van der Waals surface area contributed by atoms with Crippen LogP contribution in [-0.2, 0) is 25.1 Å². The first-order chi connectivity index (χ1) is 9.07. The summed E-state index contributed by atoms with van der Waals surface area (Å²) in [7, 11) is -1.58. The van der Waals surface area contributed by atoms with E-state index >= 15 is 0 Å². The maximum absolute atomic E-state index is 12.8. The molecule has 0 amide bonds. The van der Waals surface area contributed by atoms with E-state index in [-0.39, 0.29) is 24.6 Å². The number of carbonyl (C=O) groups excluding carboxylic acids is 2. The number of esters is 1. The lowest BCUT2D eigenvalue weighted by molar-refractivity contribution is -0.151. The van der Waals surface area contributed by atoms with Crippen molar-refractivity contribution in [2.75, 3.05) is 12.4 Å². The van der Waals surface area contributed by atoms with E-state index in [0.29, 0.717) is 0 Å². The minimum absolute atomic E-state index is 0.178. The average molecular weight is 300 g/mol. The van der Waals surface area contributed by atoms with Crippen LogP contribution in [0.5, 0.6) is 0 Å². The number of Topliss-reactive ketones (excluding diaryl/α,β-unsaturated/α-hetero) is 1. The van der Waals surface area contributed by atoms with Gasteiger partial charge in [-0.1, -0.05) is 31.9 Å². The van der Waals surface area contributed by atoms with Crippen molar-refractivity contribution >= 4 is 22.6 Å². The third kappa shape index (κ3) is 2.87. The average Bonchev–Trinajstić information content (AvgIpc) is 2.32. The van der Waals surface area contributed by atoms with E-state index in [9.17, 15) is 13.8 Å². The maximum atomic E-state index is 12.8. The fourth-order valence-electron chi connectivity index (χ4n) is 2.34. The Morgan fingerprint density at radius 3 is 2.25 bits per heavy atom. The molecule has 0 radical (unpaired) electrons. The van der Waals surface area contributed by atoms with E-state index < -0.39 is 26.9 Å². The molecule has 1 rings (SSSR count). The van der Waals surface area contributed by atoms with Crippen molar-refractivity contribution in [3.8, 4) is 0 Å². The van der Waals surface area contributed by atoms with E-state index in [2.05, 4.69) is 0 Å². The standard InChI is InChI=1S/C15H24O4S/c1-7-19-13(17)15(12(16)14(4,5)6)8-10(2)11(3)9-20(15)18/h7-9H2,1-6H3. The Hall–Kier alpha value is -0.970. The highest BCUT2D eigenvalue weighted by Gasteiger charge is 2.57. The van der Waals surface area contributed by atoms with Crippen LogP contribution in [0, 0.1) is 5.41 Å². The molecule has 0 aromatic heterocycles. The molecule has 1 aliphatic rings. The summed E-state index contributed by atoms with van der Waals surface area (Å²) < 4.78 is 16.2. The van der Waals surface area contributed by atoms with E-state index in [1.807, 2.05) is 13.8 Å². The zero-order valence-corrected chi connectivity index (χ0v) is 14.0. The van der Waals surface area contributed by atoms with E-state index in [1.165, 1.54) is 0 Å². The quantitative estimate of drug-likeness (QED) is 0.456. The topological polar surface area (TPSA) is 60.4 Å². The smallest absolute Gasteiger partial charge is 0.332 e. The fourth-order valence-corrected chi connectivity index (χ4v) is 4.36. The SMILES string of the molecule is CCOC(=O)C1(C(=O)C(C)(C)C)CC(C)=C(C)CS1=O. The van der Waals surface area contributed by atoms with Crippen LogP contribution in [0.4, 0.5) is 0 Å². The van der Waals surface area contributed by atoms with Crippen LogP contribution in [0.25, 0.3) is 0 Å². The number of allylic oxidation sites excluding steroid dienone is 1. The Morgan fingerprint density at radius 1 is 1.25 bits per heavy atom. The molecule has 0 aromatic carbocycles. The van der Waals surface area contributed by atoms with Gasteiger partial charge in [0.05, 0.1) is 17.4 Å². The molecule has 4 nitrogen and oxygen atoms in total. The highest BCUT2D eigenvalue weighted by atomic mass is 32.2. The Kier molecular flexibility index (Phi) is 4.95. The van der Waals surface area contributed by atoms with E-state index in [0.717, 1.165) is 11.1 Å². The zero-order chi connectivity index (χ0) is 15.7. The zero-order valence-electron chi connectivity index (χ0n) is 13.2. The van der Waals surface area contributed by atoms with Crippen molar-refractivity contribution in [1.82, 2.24) is 0 Å². The van der Waals surface area contributed by atoms with Gasteiger partial charge in [-0.2, -0.15) is 0 Å². The molecule has 2 atom stereocenters. The summed E-state index contributed by atoms with van der Waals surface area (Å²) in [5.41, 5.74) is 1.20. The molecule has 1 aliphatic heterocycles. The molecule has 114 valence electrons. The summed E-state index contributed by atoms with van der Waals surface area (Å²) in [6.07, 6.45) is 0.195. The third-order valence-electron chi connectivity index (χ3n) is 3.63. The molecule has 0 saturated carbocycles. The second-order valence-corrected chi connectivity index (χ2v) is 8.03. The lowest BCUT2D eigenvalue weighted by Gasteiger charge is -2.37. The van der Waals surface area contributed by atoms with Crippen LogP contribution in [-0.4, -0.2) is 33.1 Å². The van der Waals surface area contributed by atoms with Crippen molar-refractivity contribution in [3.63, 3.8) is 0 Å². The first-order valence-electron chi connectivity index (χ1n) is 6.83. The van der Waals surface area contributed by atoms with Crippen LogP contribution in [0.3, 0.4) is 0 Å². The summed E-state index contributed by atoms with van der Waals surface area (Å²) in [4.78, 5) is 25.2. The van der Waals surface area contributed by atoms with Gasteiger partial charge < -0.3 is 4.74 Å². The Balaban J connectivity index is 3.41. The van der Waals surface area contributed by atoms with Gasteiger partial charge in [-0.05, 0) is 20.8 Å². The molecule has 0 aromatic rings. The molecule has 0 fully saturated rings. The van der Waals surface area contributed by atoms with Crippen molar-refractivity contribution in [1.29, 1.82) is 0 Å². The lowest BCUT2D eigenvalue weighted by atomic mass is 9.79. The van der Waals surface area contributed by atoms with Gasteiger partial charge in [0.1, 0.15) is 0 Å². The number of ketones is 1. The van der Waals surface area contributed by atoms with Crippen LogP contribution >= 0.6 is 0 Å². The molecule has 0 spiro atoms. The first-order valence-corrected chi connectivity index (χ1v) is 8.15. The third-order valence-corrected chi connectivity index (χ3v) is 5.60. The number of hydrogen-bond donors (Lipinski definition) is 0. The molecular weight excluding hydrogens is 276 g/mol. The minimum atomic E-state index is -1.58. The number of rotatable bonds is 3. The van der Waals surface area contributed by atoms with Gasteiger partial charge in [-0.25, -0.2) is 4.79 Å². The van der Waals surface area contributed by atoms with Crippen LogP contribution in [0.15, 0.2) is 11.1 Å². The second-order valence-electron chi connectivity index (χ2n) is 6.35. The van der Waals surface area contributed by atoms with Gasteiger partial charge in [0, 0.05) is 17.6 Å². The lowest BCUT2D eigenvalue weighted by Crippen LogP contribution is -2.57. The summed E-state index contributed by atoms with van der Waals surface area (Å²) in [5, 5.41) is 0. The Bertz CT molecular complexity index is 485. The van der Waals surface area contributed by atoms with Crippen LogP contribution < -0.4 is 0 Å². The van der Waals surface area contributed by atoms with Gasteiger partial charge >= 0.3 is 5.97 Å². The highest BCUT2D eigenvalue weighted by molar-refractivity contribution is 7.88. The van der Waals surface area contributed by atoms with E-state index in [4.69, 9.17) is 4.74 Å². The summed E-state index contributed by atoms with van der Waals surface area (Å²) in [5.74, 6) is -0.689. The van der Waals surface area contributed by atoms with Gasteiger partial charge in [-0.3, -0.25) is 9.00 Å². The van der Waals surface area contributed by atoms with E-state index in [1.54, 1.807) is 27.7 Å². The molecular formula is C15H24O4S. The fraction of sp³-hybridized carbons (Fsp3) is 0.733. The van der Waals surface area contributed by atoms with Crippen LogP contribution in [0.1, 0.15) is 48.0 Å². The summed E-state index contributed by atoms with van der Waals surface area (Å²) in [6.45, 7) is 10.9. The van der Waals surface area contributed by atoms with Crippen molar-refractivity contribution in [2.24, 2.45) is 5.41 Å². The number of carbonyl (C=O) groups is 2. The molecule has 0 aliphatic carbocycles. The van der Waals surface area contributed by atoms with Gasteiger partial charge in [0.2, 0.25) is 4.75 Å². The normalized spacial score (nSPS) is 27.4. The Morgan fingerprint density at radius 2 is 1.80 bits per heavy atom. The predicted molar refractivity (Wildman–Crippen MR) is 79.8 cm³/mol. The van der Waals surface area contributed by atoms with Crippen molar-refractivity contribution in [2.45, 2.75) is 52.7 Å². The number of hydrogen-bond acceptors (Lipinski definition) is 4.